The normalized spacial score (nSPS) is 15.7. The van der Waals surface area contributed by atoms with E-state index in [9.17, 15) is 5.11 Å². The van der Waals surface area contributed by atoms with Gasteiger partial charge in [0.2, 0.25) is 0 Å². The lowest BCUT2D eigenvalue weighted by molar-refractivity contribution is 0.0715. The zero-order valence-corrected chi connectivity index (χ0v) is 7.21. The second-order valence-corrected chi connectivity index (χ2v) is 3.69. The summed E-state index contributed by atoms with van der Waals surface area (Å²) in [5.74, 6) is 0.394. The van der Waals surface area contributed by atoms with Crippen molar-refractivity contribution in [2.24, 2.45) is 0 Å². The molecule has 0 fully saturated rings. The van der Waals surface area contributed by atoms with Crippen molar-refractivity contribution in [1.29, 1.82) is 0 Å². The van der Waals surface area contributed by atoms with Gasteiger partial charge in [-0.15, -0.1) is 23.2 Å². The van der Waals surface area contributed by atoms with Crippen molar-refractivity contribution in [2.75, 3.05) is 5.88 Å². The number of alkyl halides is 2. The topological polar surface area (TPSA) is 20.2 Å². The average Bonchev–Trinajstić information content (AvgIpc) is 1.62. The molecule has 0 aliphatic heterocycles. The Labute approximate surface area is 66.0 Å². The first-order chi connectivity index (χ1) is 3.95. The SMILES string of the molecule is CC(C)(O)CC(Cl)CCl. The van der Waals surface area contributed by atoms with E-state index in [0.29, 0.717) is 12.3 Å². The van der Waals surface area contributed by atoms with E-state index in [0.717, 1.165) is 0 Å². The molecule has 0 saturated heterocycles. The molecule has 1 atom stereocenters. The molecule has 0 spiro atoms. The standard InChI is InChI=1S/C6H12Cl2O/c1-6(2,9)3-5(8)4-7/h5,9H,3-4H2,1-2H3. The van der Waals surface area contributed by atoms with E-state index in [1.807, 2.05) is 0 Å². The highest BCUT2D eigenvalue weighted by Crippen LogP contribution is 2.15. The van der Waals surface area contributed by atoms with E-state index in [-0.39, 0.29) is 5.38 Å². The fourth-order valence-electron chi connectivity index (χ4n) is 0.597. The molecule has 1 N–H and O–H groups in total. The van der Waals surface area contributed by atoms with Crippen LogP contribution in [0.3, 0.4) is 0 Å². The molecule has 0 aromatic heterocycles. The molecule has 0 radical (unpaired) electrons. The predicted octanol–water partition coefficient (Wildman–Crippen LogP) is 1.99. The molecule has 0 aromatic rings. The molecule has 9 heavy (non-hydrogen) atoms. The fourth-order valence-corrected chi connectivity index (χ4v) is 1.08. The van der Waals surface area contributed by atoms with Gasteiger partial charge in [-0.3, -0.25) is 0 Å². The van der Waals surface area contributed by atoms with Crippen molar-refractivity contribution in [3.8, 4) is 0 Å². The first-order valence-electron chi connectivity index (χ1n) is 2.88. The third-order valence-corrected chi connectivity index (χ3v) is 1.73. The molecular weight excluding hydrogens is 159 g/mol. The van der Waals surface area contributed by atoms with Crippen LogP contribution >= 0.6 is 23.2 Å². The Bertz CT molecular complexity index is 77.6. The Kier molecular flexibility index (Phi) is 3.86. The zero-order valence-electron chi connectivity index (χ0n) is 5.69. The molecule has 0 aliphatic rings. The van der Waals surface area contributed by atoms with Crippen molar-refractivity contribution in [3.63, 3.8) is 0 Å². The van der Waals surface area contributed by atoms with Crippen LogP contribution in [0.25, 0.3) is 0 Å². The van der Waals surface area contributed by atoms with Crippen molar-refractivity contribution < 1.29 is 5.11 Å². The molecule has 0 rings (SSSR count). The Morgan fingerprint density at radius 1 is 1.56 bits per heavy atom. The zero-order chi connectivity index (χ0) is 7.49. The largest absolute Gasteiger partial charge is 0.390 e. The minimum atomic E-state index is -0.693. The first-order valence-corrected chi connectivity index (χ1v) is 3.85. The molecule has 0 amide bonds. The Morgan fingerprint density at radius 2 is 2.00 bits per heavy atom. The van der Waals surface area contributed by atoms with Crippen LogP contribution in [0.1, 0.15) is 20.3 Å². The van der Waals surface area contributed by atoms with Gasteiger partial charge >= 0.3 is 0 Å². The molecule has 1 unspecified atom stereocenters. The minimum Gasteiger partial charge on any atom is -0.390 e. The molecule has 0 bridgehead atoms. The third kappa shape index (κ3) is 6.42. The van der Waals surface area contributed by atoms with Gasteiger partial charge in [0, 0.05) is 11.3 Å². The van der Waals surface area contributed by atoms with Gasteiger partial charge in [-0.25, -0.2) is 0 Å². The highest BCUT2D eigenvalue weighted by atomic mass is 35.5. The summed E-state index contributed by atoms with van der Waals surface area (Å²) in [6.07, 6.45) is 0.540. The van der Waals surface area contributed by atoms with Gasteiger partial charge in [0.05, 0.1) is 5.60 Å². The highest BCUT2D eigenvalue weighted by Gasteiger charge is 2.17. The molecule has 1 nitrogen and oxygen atoms in total. The van der Waals surface area contributed by atoms with E-state index < -0.39 is 5.60 Å². The summed E-state index contributed by atoms with van der Waals surface area (Å²) in [7, 11) is 0. The lowest BCUT2D eigenvalue weighted by Crippen LogP contribution is -2.24. The molecule has 0 aliphatic carbocycles. The molecular formula is C6H12Cl2O. The average molecular weight is 171 g/mol. The number of hydrogen-bond donors (Lipinski definition) is 1. The monoisotopic (exact) mass is 170 g/mol. The Balaban J connectivity index is 3.47. The smallest absolute Gasteiger partial charge is 0.0606 e. The van der Waals surface area contributed by atoms with Gasteiger partial charge in [-0.05, 0) is 20.3 Å². The summed E-state index contributed by atoms with van der Waals surface area (Å²) >= 11 is 11.1. The van der Waals surface area contributed by atoms with Crippen molar-refractivity contribution in [2.45, 2.75) is 31.2 Å². The van der Waals surface area contributed by atoms with Crippen LogP contribution in [0.5, 0.6) is 0 Å². The summed E-state index contributed by atoms with van der Waals surface area (Å²) in [6.45, 7) is 3.43. The summed E-state index contributed by atoms with van der Waals surface area (Å²) < 4.78 is 0. The number of aliphatic hydroxyl groups is 1. The maximum Gasteiger partial charge on any atom is 0.0606 e. The molecule has 0 aromatic carbocycles. The Hall–Kier alpha value is 0.540. The van der Waals surface area contributed by atoms with Crippen molar-refractivity contribution in [3.05, 3.63) is 0 Å². The lowest BCUT2D eigenvalue weighted by Gasteiger charge is -2.18. The summed E-state index contributed by atoms with van der Waals surface area (Å²) in [4.78, 5) is 0. The van der Waals surface area contributed by atoms with Gasteiger partial charge in [-0.2, -0.15) is 0 Å². The van der Waals surface area contributed by atoms with Crippen LogP contribution in [-0.4, -0.2) is 22.0 Å². The van der Waals surface area contributed by atoms with Crippen LogP contribution in [-0.2, 0) is 0 Å². The highest BCUT2D eigenvalue weighted by molar-refractivity contribution is 6.28. The summed E-state index contributed by atoms with van der Waals surface area (Å²) in [5.41, 5.74) is -0.693. The van der Waals surface area contributed by atoms with Crippen LogP contribution < -0.4 is 0 Å². The summed E-state index contributed by atoms with van der Waals surface area (Å²) in [5, 5.41) is 9.06. The van der Waals surface area contributed by atoms with Crippen molar-refractivity contribution >= 4 is 23.2 Å². The molecule has 0 saturated carbocycles. The van der Waals surface area contributed by atoms with Crippen LogP contribution in [0.2, 0.25) is 0 Å². The maximum absolute atomic E-state index is 9.18. The van der Waals surface area contributed by atoms with Crippen molar-refractivity contribution in [1.82, 2.24) is 0 Å². The quantitative estimate of drug-likeness (QED) is 0.643. The van der Waals surface area contributed by atoms with Gasteiger partial charge in [-0.1, -0.05) is 0 Å². The van der Waals surface area contributed by atoms with Crippen LogP contribution in [0.4, 0.5) is 0 Å². The van der Waals surface area contributed by atoms with E-state index >= 15 is 0 Å². The maximum atomic E-state index is 9.18. The predicted molar refractivity (Wildman–Crippen MR) is 41.3 cm³/mol. The molecule has 56 valence electrons. The number of halogens is 2. The van der Waals surface area contributed by atoms with Gasteiger partial charge in [0.15, 0.2) is 0 Å². The van der Waals surface area contributed by atoms with E-state index in [4.69, 9.17) is 23.2 Å². The van der Waals surface area contributed by atoms with E-state index in [1.165, 1.54) is 0 Å². The van der Waals surface area contributed by atoms with Crippen LogP contribution in [0, 0.1) is 0 Å². The van der Waals surface area contributed by atoms with E-state index in [2.05, 4.69) is 0 Å². The minimum absolute atomic E-state index is 0.119. The second-order valence-electron chi connectivity index (χ2n) is 2.77. The number of rotatable bonds is 3. The van der Waals surface area contributed by atoms with Gasteiger partial charge < -0.3 is 5.11 Å². The fraction of sp³-hybridized carbons (Fsp3) is 1.00. The third-order valence-electron chi connectivity index (χ3n) is 0.888. The van der Waals surface area contributed by atoms with Crippen LogP contribution in [0.15, 0.2) is 0 Å². The number of hydrogen-bond acceptors (Lipinski definition) is 1. The van der Waals surface area contributed by atoms with Gasteiger partial charge in [0.1, 0.15) is 0 Å². The lowest BCUT2D eigenvalue weighted by atomic mass is 10.0. The molecule has 0 heterocycles. The van der Waals surface area contributed by atoms with Gasteiger partial charge in [0.25, 0.3) is 0 Å². The van der Waals surface area contributed by atoms with E-state index in [1.54, 1.807) is 13.8 Å². The molecule has 3 heteroatoms. The Morgan fingerprint density at radius 3 is 2.11 bits per heavy atom. The second kappa shape index (κ2) is 3.65. The first kappa shape index (κ1) is 9.54. The summed E-state index contributed by atoms with van der Waals surface area (Å²) in [6, 6.07) is 0.